The first-order valence-electron chi connectivity index (χ1n) is 2.83. The van der Waals surface area contributed by atoms with Crippen molar-refractivity contribution in [2.75, 3.05) is 6.61 Å². The number of carbonyl (C=O) groups excluding carboxylic acids is 1. The van der Waals surface area contributed by atoms with Crippen LogP contribution in [-0.4, -0.2) is 18.7 Å². The Balaban J connectivity index is 3.17. The highest BCUT2D eigenvalue weighted by Crippen LogP contribution is 1.82. The van der Waals surface area contributed by atoms with Crippen molar-refractivity contribution in [3.8, 4) is 0 Å². The zero-order valence-electron chi connectivity index (χ0n) is 5.46. The van der Waals surface area contributed by atoms with Gasteiger partial charge in [0.05, 0.1) is 6.17 Å². The molecule has 0 unspecified atom stereocenters. The zero-order chi connectivity index (χ0) is 7.28. The second-order valence-corrected chi connectivity index (χ2v) is 1.70. The third-order valence-electron chi connectivity index (χ3n) is 0.725. The van der Waals surface area contributed by atoms with Gasteiger partial charge in [-0.3, -0.25) is 4.79 Å². The highest BCUT2D eigenvalue weighted by Gasteiger charge is 1.99. The van der Waals surface area contributed by atoms with E-state index in [2.05, 4.69) is 4.74 Å². The Morgan fingerprint density at radius 2 is 2.22 bits per heavy atom. The normalized spacial score (nSPS) is 9.78. The van der Waals surface area contributed by atoms with Crippen LogP contribution in [0.2, 0.25) is 0 Å². The van der Waals surface area contributed by atoms with E-state index in [1.54, 1.807) is 6.92 Å². The molecule has 0 aromatic rings. The molecule has 0 aliphatic heterocycles. The first-order chi connectivity index (χ1) is 4.16. The van der Waals surface area contributed by atoms with Crippen LogP contribution >= 0.6 is 0 Å². The van der Waals surface area contributed by atoms with Crippen molar-refractivity contribution in [1.29, 1.82) is 0 Å². The molecule has 0 fully saturated rings. The fraction of sp³-hybridized carbons (Fsp3) is 0.800. The predicted octanol–water partition coefficient (Wildman–Crippen LogP) is -0.817. The Bertz CT molecular complexity index is 93.0. The van der Waals surface area contributed by atoms with Gasteiger partial charge in [0, 0.05) is 6.42 Å². The van der Waals surface area contributed by atoms with Gasteiger partial charge in [0.1, 0.15) is 6.61 Å². The van der Waals surface area contributed by atoms with Crippen LogP contribution in [-0.2, 0) is 9.53 Å². The average molecular weight is 132 g/mol. The van der Waals surface area contributed by atoms with E-state index >= 15 is 0 Å². The van der Waals surface area contributed by atoms with Crippen molar-refractivity contribution in [3.63, 3.8) is 0 Å². The summed E-state index contributed by atoms with van der Waals surface area (Å²) in [4.78, 5) is 10.4. The van der Waals surface area contributed by atoms with Crippen LogP contribution in [0.4, 0.5) is 0 Å². The molecule has 0 aromatic carbocycles. The van der Waals surface area contributed by atoms with Gasteiger partial charge in [-0.05, 0) is 0 Å². The van der Waals surface area contributed by atoms with Crippen LogP contribution in [0.3, 0.4) is 0 Å². The van der Waals surface area contributed by atoms with Gasteiger partial charge in [-0.2, -0.15) is 0 Å². The van der Waals surface area contributed by atoms with Crippen molar-refractivity contribution in [2.24, 2.45) is 11.5 Å². The zero-order valence-corrected chi connectivity index (χ0v) is 5.46. The first kappa shape index (κ1) is 8.39. The van der Waals surface area contributed by atoms with Gasteiger partial charge in [-0.25, -0.2) is 0 Å². The molecular weight excluding hydrogens is 120 g/mol. The molecule has 54 valence electrons. The van der Waals surface area contributed by atoms with Crippen LogP contribution in [0.5, 0.6) is 0 Å². The molecular formula is C5H12N2O2. The third kappa shape index (κ3) is 5.26. The summed E-state index contributed by atoms with van der Waals surface area (Å²) in [6.45, 7) is 1.82. The summed E-state index contributed by atoms with van der Waals surface area (Å²) in [5.41, 5.74) is 10.2. The summed E-state index contributed by atoms with van der Waals surface area (Å²) < 4.78 is 4.56. The van der Waals surface area contributed by atoms with E-state index in [4.69, 9.17) is 11.5 Å². The minimum absolute atomic E-state index is 0.104. The fourth-order valence-electron chi connectivity index (χ4n) is 0.291. The van der Waals surface area contributed by atoms with E-state index in [9.17, 15) is 4.79 Å². The number of nitrogens with two attached hydrogens (primary N) is 2. The SMILES string of the molecule is CCC(=O)OCC(N)N. The van der Waals surface area contributed by atoms with Gasteiger partial charge >= 0.3 is 5.97 Å². The number of esters is 1. The largest absolute Gasteiger partial charge is 0.463 e. The van der Waals surface area contributed by atoms with Crippen molar-refractivity contribution in [2.45, 2.75) is 19.5 Å². The van der Waals surface area contributed by atoms with Crippen LogP contribution in [0, 0.1) is 0 Å². The van der Waals surface area contributed by atoms with Gasteiger partial charge in [-0.1, -0.05) is 6.92 Å². The fourth-order valence-corrected chi connectivity index (χ4v) is 0.291. The number of rotatable bonds is 3. The molecule has 4 nitrogen and oxygen atoms in total. The topological polar surface area (TPSA) is 78.3 Å². The monoisotopic (exact) mass is 132 g/mol. The lowest BCUT2D eigenvalue weighted by Gasteiger charge is -2.04. The minimum atomic E-state index is -0.555. The maximum Gasteiger partial charge on any atom is 0.305 e. The summed E-state index contributed by atoms with van der Waals surface area (Å²) in [5.74, 6) is -0.268. The molecule has 4 heteroatoms. The average Bonchev–Trinajstić information content (AvgIpc) is 1.83. The van der Waals surface area contributed by atoms with Crippen LogP contribution < -0.4 is 11.5 Å². The molecule has 0 saturated heterocycles. The molecule has 0 amide bonds. The molecule has 0 heterocycles. The highest BCUT2D eigenvalue weighted by molar-refractivity contribution is 5.68. The first-order valence-corrected chi connectivity index (χ1v) is 2.83. The minimum Gasteiger partial charge on any atom is -0.463 e. The Labute approximate surface area is 54.2 Å². The quantitative estimate of drug-likeness (QED) is 0.388. The van der Waals surface area contributed by atoms with Gasteiger partial charge < -0.3 is 16.2 Å². The lowest BCUT2D eigenvalue weighted by molar-refractivity contribution is -0.143. The molecule has 0 atom stereocenters. The molecule has 0 spiro atoms. The molecule has 9 heavy (non-hydrogen) atoms. The van der Waals surface area contributed by atoms with Crippen LogP contribution in [0.1, 0.15) is 13.3 Å². The summed E-state index contributed by atoms with van der Waals surface area (Å²) in [7, 11) is 0. The number of hydrogen-bond acceptors (Lipinski definition) is 4. The summed E-state index contributed by atoms with van der Waals surface area (Å²) in [5, 5.41) is 0. The lowest BCUT2D eigenvalue weighted by Crippen LogP contribution is -2.36. The summed E-state index contributed by atoms with van der Waals surface area (Å²) in [6, 6.07) is 0. The van der Waals surface area contributed by atoms with Gasteiger partial charge in [0.25, 0.3) is 0 Å². The van der Waals surface area contributed by atoms with Crippen molar-refractivity contribution < 1.29 is 9.53 Å². The van der Waals surface area contributed by atoms with Crippen LogP contribution in [0.15, 0.2) is 0 Å². The molecule has 0 saturated carbocycles. The van der Waals surface area contributed by atoms with E-state index in [0.717, 1.165) is 0 Å². The van der Waals surface area contributed by atoms with Gasteiger partial charge in [0.2, 0.25) is 0 Å². The summed E-state index contributed by atoms with van der Waals surface area (Å²) in [6.07, 6.45) is -0.187. The van der Waals surface area contributed by atoms with Crippen molar-refractivity contribution in [1.82, 2.24) is 0 Å². The Hall–Kier alpha value is -0.610. The lowest BCUT2D eigenvalue weighted by atomic mass is 10.5. The second-order valence-electron chi connectivity index (χ2n) is 1.70. The molecule has 0 rings (SSSR count). The van der Waals surface area contributed by atoms with Crippen molar-refractivity contribution >= 4 is 5.97 Å². The standard InChI is InChI=1S/C5H12N2O2/c1-2-5(8)9-3-4(6)7/h4H,2-3,6-7H2,1H3. The molecule has 0 aromatic heterocycles. The van der Waals surface area contributed by atoms with Crippen molar-refractivity contribution in [3.05, 3.63) is 0 Å². The Morgan fingerprint density at radius 1 is 1.67 bits per heavy atom. The van der Waals surface area contributed by atoms with E-state index in [1.165, 1.54) is 0 Å². The smallest absolute Gasteiger partial charge is 0.305 e. The number of hydrogen-bond donors (Lipinski definition) is 2. The van der Waals surface area contributed by atoms with Gasteiger partial charge in [-0.15, -0.1) is 0 Å². The number of carbonyl (C=O) groups is 1. The molecule has 0 aliphatic rings. The molecule has 0 aliphatic carbocycles. The second kappa shape index (κ2) is 4.29. The number of ether oxygens (including phenoxy) is 1. The van der Waals surface area contributed by atoms with Crippen LogP contribution in [0.25, 0.3) is 0 Å². The van der Waals surface area contributed by atoms with E-state index in [-0.39, 0.29) is 12.6 Å². The molecule has 0 radical (unpaired) electrons. The Kier molecular flexibility index (Phi) is 4.00. The van der Waals surface area contributed by atoms with Gasteiger partial charge in [0.15, 0.2) is 0 Å². The third-order valence-corrected chi connectivity index (χ3v) is 0.725. The highest BCUT2D eigenvalue weighted by atomic mass is 16.5. The Morgan fingerprint density at radius 3 is 2.56 bits per heavy atom. The molecule has 4 N–H and O–H groups in total. The summed E-state index contributed by atoms with van der Waals surface area (Å²) >= 11 is 0. The van der Waals surface area contributed by atoms with E-state index in [0.29, 0.717) is 6.42 Å². The molecule has 0 bridgehead atoms. The van der Waals surface area contributed by atoms with E-state index < -0.39 is 6.17 Å². The maximum atomic E-state index is 10.4. The maximum absolute atomic E-state index is 10.4. The van der Waals surface area contributed by atoms with E-state index in [1.807, 2.05) is 0 Å². The predicted molar refractivity (Wildman–Crippen MR) is 33.4 cm³/mol.